The molecule has 0 amide bonds. The van der Waals surface area contributed by atoms with Gasteiger partial charge in [-0.3, -0.25) is 0 Å². The van der Waals surface area contributed by atoms with Gasteiger partial charge in [-0.1, -0.05) is 0 Å². The summed E-state index contributed by atoms with van der Waals surface area (Å²) < 4.78 is 0. The molecule has 0 aliphatic carbocycles. The van der Waals surface area contributed by atoms with Crippen molar-refractivity contribution in [3.63, 3.8) is 0 Å². The van der Waals surface area contributed by atoms with E-state index in [1.165, 1.54) is 6.33 Å². The largest absolute Gasteiger partial charge is 0.353 e. The van der Waals surface area contributed by atoms with Gasteiger partial charge >= 0.3 is 0 Å². The molecule has 0 saturated carbocycles. The van der Waals surface area contributed by atoms with Crippen molar-refractivity contribution in [2.45, 2.75) is 6.04 Å². The van der Waals surface area contributed by atoms with Gasteiger partial charge in [-0.25, -0.2) is 9.97 Å². The van der Waals surface area contributed by atoms with E-state index in [0.29, 0.717) is 5.69 Å². The number of hydrogen-bond acceptors (Lipinski definition) is 5. The Morgan fingerprint density at radius 1 is 1.54 bits per heavy atom. The quantitative estimate of drug-likeness (QED) is 0.622. The fourth-order valence-corrected chi connectivity index (χ4v) is 1.28. The average molecular weight is 175 g/mol. The summed E-state index contributed by atoms with van der Waals surface area (Å²) in [5.41, 5.74) is 6.02. The van der Waals surface area contributed by atoms with Gasteiger partial charge in [0.25, 0.3) is 0 Å². The molecule has 0 radical (unpaired) electrons. The van der Waals surface area contributed by atoms with Gasteiger partial charge in [-0.2, -0.15) is 5.26 Å². The van der Waals surface area contributed by atoms with Crippen LogP contribution >= 0.6 is 0 Å². The molecule has 5 heteroatoms. The molecule has 0 bridgehead atoms. The normalized spacial score (nSPS) is 16.5. The summed E-state index contributed by atoms with van der Waals surface area (Å²) in [5.74, 6) is 0.785. The number of anilines is 1. The highest BCUT2D eigenvalue weighted by molar-refractivity contribution is 5.44. The first-order valence-electron chi connectivity index (χ1n) is 4.02. The fraction of sp³-hybridized carbons (Fsp3) is 0.375. The Kier molecular flexibility index (Phi) is 1.83. The maximum Gasteiger partial charge on any atom is 0.145 e. The zero-order chi connectivity index (χ0) is 9.26. The summed E-state index contributed by atoms with van der Waals surface area (Å²) in [6, 6.07) is 3.88. The Bertz CT molecular complexity index is 350. The second-order valence-corrected chi connectivity index (χ2v) is 3.04. The molecule has 0 unspecified atom stereocenters. The minimum Gasteiger partial charge on any atom is -0.353 e. The highest BCUT2D eigenvalue weighted by atomic mass is 15.3. The zero-order valence-electron chi connectivity index (χ0n) is 7.01. The maximum atomic E-state index is 8.60. The lowest BCUT2D eigenvalue weighted by atomic mass is 10.1. The molecule has 1 aliphatic heterocycles. The van der Waals surface area contributed by atoms with E-state index in [-0.39, 0.29) is 6.04 Å². The molecular weight excluding hydrogens is 166 g/mol. The van der Waals surface area contributed by atoms with Crippen LogP contribution in [0, 0.1) is 11.3 Å². The number of hydrogen-bond donors (Lipinski definition) is 1. The molecule has 2 heterocycles. The third kappa shape index (κ3) is 1.44. The summed E-state index contributed by atoms with van der Waals surface area (Å²) >= 11 is 0. The van der Waals surface area contributed by atoms with E-state index >= 15 is 0 Å². The van der Waals surface area contributed by atoms with Gasteiger partial charge in [-0.05, 0) is 0 Å². The van der Waals surface area contributed by atoms with Gasteiger partial charge in [0.2, 0.25) is 0 Å². The Labute approximate surface area is 75.8 Å². The molecule has 1 aromatic heterocycles. The molecule has 0 atom stereocenters. The summed E-state index contributed by atoms with van der Waals surface area (Å²) in [5, 5.41) is 8.60. The van der Waals surface area contributed by atoms with Crippen molar-refractivity contribution in [1.82, 2.24) is 9.97 Å². The maximum absolute atomic E-state index is 8.60. The van der Waals surface area contributed by atoms with Gasteiger partial charge in [0.15, 0.2) is 0 Å². The van der Waals surface area contributed by atoms with Crippen LogP contribution in [-0.2, 0) is 0 Å². The first-order valence-corrected chi connectivity index (χ1v) is 4.02. The second-order valence-electron chi connectivity index (χ2n) is 3.04. The minimum atomic E-state index is 0.237. The first-order chi connectivity index (χ1) is 6.29. The molecule has 0 spiro atoms. The van der Waals surface area contributed by atoms with E-state index in [2.05, 4.69) is 9.97 Å². The molecule has 2 rings (SSSR count). The SMILES string of the molecule is N#Cc1cc(N2CC(N)C2)ncn1. The lowest BCUT2D eigenvalue weighted by Gasteiger charge is -2.37. The zero-order valence-corrected chi connectivity index (χ0v) is 7.01. The molecular formula is C8H9N5. The lowest BCUT2D eigenvalue weighted by molar-refractivity contribution is 0.514. The van der Waals surface area contributed by atoms with Gasteiger partial charge < -0.3 is 10.6 Å². The van der Waals surface area contributed by atoms with E-state index in [0.717, 1.165) is 18.9 Å². The third-order valence-electron chi connectivity index (χ3n) is 2.00. The predicted molar refractivity (Wildman–Crippen MR) is 46.9 cm³/mol. The summed E-state index contributed by atoms with van der Waals surface area (Å²) in [6.45, 7) is 1.61. The van der Waals surface area contributed by atoms with Crippen molar-refractivity contribution >= 4 is 5.82 Å². The van der Waals surface area contributed by atoms with Crippen molar-refractivity contribution in [3.8, 4) is 6.07 Å². The van der Waals surface area contributed by atoms with E-state index in [1.807, 2.05) is 11.0 Å². The highest BCUT2D eigenvalue weighted by Gasteiger charge is 2.24. The number of rotatable bonds is 1. The minimum absolute atomic E-state index is 0.237. The summed E-state index contributed by atoms with van der Waals surface area (Å²) in [4.78, 5) is 9.86. The van der Waals surface area contributed by atoms with Crippen molar-refractivity contribution in [1.29, 1.82) is 5.26 Å². The van der Waals surface area contributed by atoms with Gasteiger partial charge in [0, 0.05) is 25.2 Å². The third-order valence-corrected chi connectivity index (χ3v) is 2.00. The monoisotopic (exact) mass is 175 g/mol. The van der Waals surface area contributed by atoms with Crippen LogP contribution in [0.4, 0.5) is 5.82 Å². The molecule has 0 aromatic carbocycles. The van der Waals surface area contributed by atoms with Crippen LogP contribution in [0.1, 0.15) is 5.69 Å². The molecule has 1 saturated heterocycles. The smallest absolute Gasteiger partial charge is 0.145 e. The Morgan fingerprint density at radius 2 is 2.31 bits per heavy atom. The van der Waals surface area contributed by atoms with Crippen LogP contribution in [0.2, 0.25) is 0 Å². The molecule has 5 nitrogen and oxygen atoms in total. The number of nitriles is 1. The van der Waals surface area contributed by atoms with Crippen LogP contribution in [0.15, 0.2) is 12.4 Å². The van der Waals surface area contributed by atoms with Crippen LogP contribution in [0.25, 0.3) is 0 Å². The van der Waals surface area contributed by atoms with E-state index < -0.39 is 0 Å². The molecule has 1 fully saturated rings. The number of nitrogens with zero attached hydrogens (tertiary/aromatic N) is 4. The van der Waals surface area contributed by atoms with E-state index in [4.69, 9.17) is 11.0 Å². The van der Waals surface area contributed by atoms with Gasteiger partial charge in [0.1, 0.15) is 23.9 Å². The fourth-order valence-electron chi connectivity index (χ4n) is 1.28. The summed E-state index contributed by atoms with van der Waals surface area (Å²) in [7, 11) is 0. The highest BCUT2D eigenvalue weighted by Crippen LogP contribution is 2.16. The summed E-state index contributed by atoms with van der Waals surface area (Å²) in [6.07, 6.45) is 1.40. The molecule has 2 N–H and O–H groups in total. The van der Waals surface area contributed by atoms with Crippen LogP contribution in [-0.4, -0.2) is 29.1 Å². The number of nitrogens with two attached hydrogens (primary N) is 1. The Hall–Kier alpha value is -1.67. The molecule has 1 aromatic rings. The van der Waals surface area contributed by atoms with Crippen LogP contribution in [0.3, 0.4) is 0 Å². The van der Waals surface area contributed by atoms with E-state index in [9.17, 15) is 0 Å². The van der Waals surface area contributed by atoms with E-state index in [1.54, 1.807) is 6.07 Å². The van der Waals surface area contributed by atoms with Gasteiger partial charge in [-0.15, -0.1) is 0 Å². The van der Waals surface area contributed by atoms with Gasteiger partial charge in [0.05, 0.1) is 0 Å². The first kappa shape index (κ1) is 7.95. The molecule has 13 heavy (non-hydrogen) atoms. The van der Waals surface area contributed by atoms with Crippen LogP contribution in [0.5, 0.6) is 0 Å². The average Bonchev–Trinajstić information content (AvgIpc) is 2.13. The van der Waals surface area contributed by atoms with Crippen molar-refractivity contribution < 1.29 is 0 Å². The Morgan fingerprint density at radius 3 is 2.92 bits per heavy atom. The molecule has 1 aliphatic rings. The number of aromatic nitrogens is 2. The second kappa shape index (κ2) is 2.99. The molecule has 66 valence electrons. The topological polar surface area (TPSA) is 78.8 Å². The predicted octanol–water partition coefficient (Wildman–Crippen LogP) is -0.504. The lowest BCUT2D eigenvalue weighted by Crippen LogP contribution is -2.56. The standard InChI is InChI=1S/C8H9N5/c9-2-7-1-8(12-5-11-7)13-3-6(10)4-13/h1,5-6H,3-4,10H2. The Balaban J connectivity index is 2.18. The van der Waals surface area contributed by atoms with Crippen molar-refractivity contribution in [2.24, 2.45) is 5.73 Å². The van der Waals surface area contributed by atoms with Crippen molar-refractivity contribution in [2.75, 3.05) is 18.0 Å². The van der Waals surface area contributed by atoms with Crippen LogP contribution < -0.4 is 10.6 Å². The van der Waals surface area contributed by atoms with Crippen molar-refractivity contribution in [3.05, 3.63) is 18.1 Å².